The first-order valence-electron chi connectivity index (χ1n) is 9.80. The fraction of sp³-hybridized carbons (Fsp3) is 0.304. The van der Waals surface area contributed by atoms with Gasteiger partial charge in [0, 0.05) is 36.1 Å². The summed E-state index contributed by atoms with van der Waals surface area (Å²) in [6.07, 6.45) is 3.10. The Morgan fingerprint density at radius 2 is 1.80 bits per heavy atom. The molecule has 2 aliphatic rings. The molecule has 2 aliphatic heterocycles. The first-order valence-corrected chi connectivity index (χ1v) is 9.80. The van der Waals surface area contributed by atoms with E-state index in [1.54, 1.807) is 31.3 Å². The largest absolute Gasteiger partial charge is 0.347 e. The summed E-state index contributed by atoms with van der Waals surface area (Å²) >= 11 is 0. The third kappa shape index (κ3) is 2.89. The van der Waals surface area contributed by atoms with E-state index in [0.29, 0.717) is 5.69 Å². The molecule has 1 saturated heterocycles. The molecular weight excluding hydrogens is 380 g/mol. The average molecular weight is 404 g/mol. The Morgan fingerprint density at radius 3 is 2.47 bits per heavy atom. The van der Waals surface area contributed by atoms with Crippen molar-refractivity contribution in [3.8, 4) is 0 Å². The third-order valence-corrected chi connectivity index (χ3v) is 6.00. The van der Waals surface area contributed by atoms with Gasteiger partial charge in [-0.15, -0.1) is 0 Å². The molecule has 0 saturated carbocycles. The number of pyridine rings is 1. The molecule has 1 aromatic heterocycles. The molecule has 30 heavy (non-hydrogen) atoms. The molecule has 0 spiro atoms. The van der Waals surface area contributed by atoms with Gasteiger partial charge in [0.05, 0.1) is 12.2 Å². The summed E-state index contributed by atoms with van der Waals surface area (Å²) in [4.78, 5) is 45.5. The maximum absolute atomic E-state index is 13.0. The van der Waals surface area contributed by atoms with Crippen molar-refractivity contribution in [3.63, 3.8) is 0 Å². The van der Waals surface area contributed by atoms with Gasteiger partial charge in [0.15, 0.2) is 11.3 Å². The Hall–Kier alpha value is -3.48. The first kappa shape index (κ1) is 19.8. The monoisotopic (exact) mass is 404 g/mol. The number of anilines is 1. The van der Waals surface area contributed by atoms with Crippen LogP contribution < -0.4 is 10.2 Å². The number of hydrogen-bond donors (Lipinski definition) is 1. The normalized spacial score (nSPS) is 23.7. The van der Waals surface area contributed by atoms with Gasteiger partial charge in [-0.05, 0) is 30.7 Å². The molecule has 3 amide bonds. The minimum Gasteiger partial charge on any atom is -0.347 e. The van der Waals surface area contributed by atoms with Crippen molar-refractivity contribution in [2.24, 2.45) is 0 Å². The number of ketones is 1. The number of amides is 3. The number of fused-ring (bicyclic) bond motifs is 1. The lowest BCUT2D eigenvalue weighted by atomic mass is 9.83. The number of nitrogens with one attached hydrogen (secondary N) is 1. The van der Waals surface area contributed by atoms with Crippen LogP contribution in [-0.4, -0.2) is 41.2 Å². The Labute approximate surface area is 175 Å². The highest BCUT2D eigenvalue weighted by molar-refractivity contribution is 6.10. The minimum atomic E-state index is -1.29. The lowest BCUT2D eigenvalue weighted by Gasteiger charge is -2.24. The van der Waals surface area contributed by atoms with Crippen molar-refractivity contribution < 1.29 is 14.4 Å². The van der Waals surface area contributed by atoms with Crippen LogP contribution in [0.15, 0.2) is 60.4 Å². The average Bonchev–Trinajstić information content (AvgIpc) is 3.06. The maximum atomic E-state index is 13.0. The molecular formula is C23H24N4O3. The van der Waals surface area contributed by atoms with E-state index in [1.807, 2.05) is 36.2 Å². The van der Waals surface area contributed by atoms with Crippen LogP contribution in [0.2, 0.25) is 0 Å². The van der Waals surface area contributed by atoms with Crippen LogP contribution in [0.5, 0.6) is 0 Å². The van der Waals surface area contributed by atoms with Crippen LogP contribution >= 0.6 is 0 Å². The second-order valence-corrected chi connectivity index (χ2v) is 8.36. The Morgan fingerprint density at radius 1 is 1.10 bits per heavy atom. The second kappa shape index (κ2) is 6.79. The smallest absolute Gasteiger partial charge is 0.325 e. The standard InChI is InChI=1S/C23H24N4O3/c1-22(2)16-9-5-6-10-17(16)26(4)19(22)13-15(28)14-27-20(29)23(3,25-21(27)30)18-11-7-8-12-24-18/h5-13H,14H2,1-4H3,(H,25,30)/b19-13-. The van der Waals surface area contributed by atoms with Gasteiger partial charge in [0.2, 0.25) is 0 Å². The van der Waals surface area contributed by atoms with Crippen LogP contribution in [0, 0.1) is 0 Å². The molecule has 7 nitrogen and oxygen atoms in total. The van der Waals surface area contributed by atoms with Gasteiger partial charge in [0.1, 0.15) is 0 Å². The quantitative estimate of drug-likeness (QED) is 0.626. The van der Waals surface area contributed by atoms with Crippen LogP contribution in [0.25, 0.3) is 0 Å². The Balaban J connectivity index is 1.58. The third-order valence-electron chi connectivity index (χ3n) is 6.00. The molecule has 7 heteroatoms. The van der Waals surface area contributed by atoms with Crippen LogP contribution in [0.1, 0.15) is 32.0 Å². The molecule has 0 aliphatic carbocycles. The Bertz CT molecular complexity index is 1080. The zero-order chi connectivity index (χ0) is 21.7. The number of urea groups is 1. The van der Waals surface area contributed by atoms with Crippen LogP contribution in [0.3, 0.4) is 0 Å². The summed E-state index contributed by atoms with van der Waals surface area (Å²) in [5.74, 6) is -0.799. The fourth-order valence-electron chi connectivity index (χ4n) is 4.29. The highest BCUT2D eigenvalue weighted by Gasteiger charge is 2.50. The SMILES string of the molecule is CN1/C(=C\C(=O)CN2C(=O)NC(C)(c3ccccn3)C2=O)C(C)(C)c2ccccc21. The van der Waals surface area contributed by atoms with E-state index in [0.717, 1.165) is 21.8 Å². The molecule has 1 atom stereocenters. The first-order chi connectivity index (χ1) is 14.2. The summed E-state index contributed by atoms with van der Waals surface area (Å²) in [7, 11) is 1.92. The van der Waals surface area contributed by atoms with Crippen molar-refractivity contribution in [1.82, 2.24) is 15.2 Å². The van der Waals surface area contributed by atoms with Crippen LogP contribution in [0.4, 0.5) is 10.5 Å². The number of aromatic nitrogens is 1. The summed E-state index contributed by atoms with van der Waals surface area (Å²) in [5, 5.41) is 2.68. The topological polar surface area (TPSA) is 82.6 Å². The lowest BCUT2D eigenvalue weighted by molar-refractivity contribution is -0.133. The van der Waals surface area contributed by atoms with Gasteiger partial charge in [0.25, 0.3) is 5.91 Å². The second-order valence-electron chi connectivity index (χ2n) is 8.36. The lowest BCUT2D eigenvalue weighted by Crippen LogP contribution is -2.42. The van der Waals surface area contributed by atoms with E-state index >= 15 is 0 Å². The summed E-state index contributed by atoms with van der Waals surface area (Å²) in [6.45, 7) is 5.39. The molecule has 0 bridgehead atoms. The van der Waals surface area contributed by atoms with Crippen molar-refractivity contribution in [2.45, 2.75) is 31.7 Å². The summed E-state index contributed by atoms with van der Waals surface area (Å²) in [5.41, 5.74) is 1.78. The molecule has 4 rings (SSSR count). The number of para-hydroxylation sites is 1. The molecule has 1 unspecified atom stereocenters. The summed E-state index contributed by atoms with van der Waals surface area (Å²) < 4.78 is 0. The van der Waals surface area contributed by atoms with E-state index in [-0.39, 0.29) is 17.7 Å². The van der Waals surface area contributed by atoms with Crippen molar-refractivity contribution in [1.29, 1.82) is 0 Å². The van der Waals surface area contributed by atoms with E-state index in [2.05, 4.69) is 24.1 Å². The molecule has 1 aromatic carbocycles. The highest BCUT2D eigenvalue weighted by atomic mass is 16.2. The van der Waals surface area contributed by atoms with Crippen molar-refractivity contribution in [2.75, 3.05) is 18.5 Å². The van der Waals surface area contributed by atoms with E-state index < -0.39 is 17.5 Å². The fourth-order valence-corrected chi connectivity index (χ4v) is 4.29. The van der Waals surface area contributed by atoms with Crippen LogP contribution in [-0.2, 0) is 20.5 Å². The van der Waals surface area contributed by atoms with Gasteiger partial charge < -0.3 is 10.2 Å². The molecule has 1 fully saturated rings. The molecule has 1 N–H and O–H groups in total. The van der Waals surface area contributed by atoms with Gasteiger partial charge in [-0.2, -0.15) is 0 Å². The number of carbonyl (C=O) groups is 3. The van der Waals surface area contributed by atoms with E-state index in [9.17, 15) is 14.4 Å². The van der Waals surface area contributed by atoms with Gasteiger partial charge in [-0.25, -0.2) is 4.79 Å². The van der Waals surface area contributed by atoms with E-state index in [1.165, 1.54) is 6.08 Å². The van der Waals surface area contributed by atoms with E-state index in [4.69, 9.17) is 0 Å². The van der Waals surface area contributed by atoms with Crippen molar-refractivity contribution in [3.05, 3.63) is 71.7 Å². The predicted molar refractivity (Wildman–Crippen MR) is 113 cm³/mol. The van der Waals surface area contributed by atoms with Crippen molar-refractivity contribution >= 4 is 23.4 Å². The number of hydrogen-bond acceptors (Lipinski definition) is 5. The number of likely N-dealkylation sites (N-methyl/N-ethyl adjacent to an activating group) is 1. The molecule has 0 radical (unpaired) electrons. The minimum absolute atomic E-state index is 0.313. The predicted octanol–water partition coefficient (Wildman–Crippen LogP) is 2.73. The number of allylic oxidation sites excluding steroid dienone is 1. The van der Waals surface area contributed by atoms with Gasteiger partial charge >= 0.3 is 6.03 Å². The number of nitrogens with zero attached hydrogens (tertiary/aromatic N) is 3. The number of carbonyl (C=O) groups excluding carboxylic acids is 3. The zero-order valence-electron chi connectivity index (χ0n) is 17.5. The molecule has 154 valence electrons. The number of imide groups is 1. The van der Waals surface area contributed by atoms with Gasteiger partial charge in [-0.3, -0.25) is 19.5 Å². The number of benzene rings is 1. The molecule has 2 aromatic rings. The summed E-state index contributed by atoms with van der Waals surface area (Å²) in [6, 6.07) is 12.6. The van der Waals surface area contributed by atoms with Gasteiger partial charge in [-0.1, -0.05) is 38.1 Å². The zero-order valence-corrected chi connectivity index (χ0v) is 17.5. The Kier molecular flexibility index (Phi) is 4.49. The maximum Gasteiger partial charge on any atom is 0.325 e. The number of rotatable bonds is 4. The highest BCUT2D eigenvalue weighted by Crippen LogP contribution is 2.46. The molecule has 3 heterocycles.